The fourth-order valence-corrected chi connectivity index (χ4v) is 2.66. The lowest BCUT2D eigenvalue weighted by Gasteiger charge is -2.22. The van der Waals surface area contributed by atoms with Gasteiger partial charge in [-0.3, -0.25) is 0 Å². The monoisotopic (exact) mass is 268 g/mol. The van der Waals surface area contributed by atoms with Crippen LogP contribution < -0.4 is 10.2 Å². The van der Waals surface area contributed by atoms with Gasteiger partial charge in [0.1, 0.15) is 0 Å². The van der Waals surface area contributed by atoms with Gasteiger partial charge in [-0.15, -0.1) is 0 Å². The van der Waals surface area contributed by atoms with Crippen LogP contribution in [0, 0.1) is 0 Å². The average Bonchev–Trinajstić information content (AvgIpc) is 2.67. The molecule has 1 atom stereocenters. The number of hydrogen-bond acceptors (Lipinski definition) is 3. The molecule has 0 spiro atoms. The van der Waals surface area contributed by atoms with E-state index in [1.165, 1.54) is 5.56 Å². The largest absolute Gasteiger partial charge is 0.388 e. The normalized spacial score (nSPS) is 23.7. The molecule has 18 heavy (non-hydrogen) atoms. The number of rotatable bonds is 4. The molecule has 2 N–H and O–H groups in total. The highest BCUT2D eigenvalue weighted by atomic mass is 35.5. The van der Waals surface area contributed by atoms with Crippen molar-refractivity contribution in [3.63, 3.8) is 0 Å². The molecule has 0 radical (unpaired) electrons. The van der Waals surface area contributed by atoms with Crippen molar-refractivity contribution in [1.29, 1.82) is 0 Å². The lowest BCUT2D eigenvalue weighted by molar-refractivity contribution is 0.0839. The summed E-state index contributed by atoms with van der Waals surface area (Å²) in [6.45, 7) is 7.27. The summed E-state index contributed by atoms with van der Waals surface area (Å²) in [7, 11) is 0. The average molecular weight is 269 g/mol. The first-order valence-electron chi connectivity index (χ1n) is 6.48. The lowest BCUT2D eigenvalue weighted by atomic mass is 10.1. The van der Waals surface area contributed by atoms with Gasteiger partial charge in [0.15, 0.2) is 0 Å². The molecule has 1 aliphatic rings. The minimum absolute atomic E-state index is 0.592. The first-order valence-corrected chi connectivity index (χ1v) is 6.86. The Labute approximate surface area is 114 Å². The summed E-state index contributed by atoms with van der Waals surface area (Å²) in [5, 5.41) is 14.0. The molecule has 0 aliphatic carbocycles. The topological polar surface area (TPSA) is 35.5 Å². The van der Waals surface area contributed by atoms with E-state index in [1.54, 1.807) is 0 Å². The van der Waals surface area contributed by atoms with Gasteiger partial charge in [0.05, 0.1) is 16.3 Å². The second-order valence-electron chi connectivity index (χ2n) is 5.23. The van der Waals surface area contributed by atoms with Crippen molar-refractivity contribution < 1.29 is 5.11 Å². The second kappa shape index (κ2) is 5.47. The van der Waals surface area contributed by atoms with Gasteiger partial charge in [0, 0.05) is 19.6 Å². The lowest BCUT2D eigenvalue weighted by Crippen LogP contribution is -2.29. The SMILES string of the molecule is CCNCc1ccc(N2CCC(C)(O)C2)c(Cl)c1. The van der Waals surface area contributed by atoms with Gasteiger partial charge in [-0.1, -0.05) is 24.6 Å². The quantitative estimate of drug-likeness (QED) is 0.880. The van der Waals surface area contributed by atoms with E-state index >= 15 is 0 Å². The summed E-state index contributed by atoms with van der Waals surface area (Å²) < 4.78 is 0. The van der Waals surface area contributed by atoms with Crippen LogP contribution in [0.4, 0.5) is 5.69 Å². The number of β-amino-alcohol motifs (C(OH)–C–C–N with tert-alkyl or cyclic N) is 1. The molecule has 0 amide bonds. The Morgan fingerprint density at radius 3 is 2.83 bits per heavy atom. The standard InChI is InChI=1S/C14H21ClN2O/c1-3-16-9-11-4-5-13(12(15)8-11)17-7-6-14(2,18)10-17/h4-5,8,16,18H,3,6-7,9-10H2,1-2H3. The molecule has 0 bridgehead atoms. The van der Waals surface area contributed by atoms with Crippen LogP contribution in [-0.2, 0) is 6.54 Å². The summed E-state index contributed by atoms with van der Waals surface area (Å²) in [5.41, 5.74) is 1.62. The van der Waals surface area contributed by atoms with E-state index in [-0.39, 0.29) is 0 Å². The molecular formula is C14H21ClN2O. The zero-order chi connectivity index (χ0) is 13.2. The van der Waals surface area contributed by atoms with Crippen molar-refractivity contribution in [2.75, 3.05) is 24.5 Å². The minimum atomic E-state index is -0.592. The molecule has 1 saturated heterocycles. The van der Waals surface area contributed by atoms with Crippen molar-refractivity contribution in [2.24, 2.45) is 0 Å². The maximum atomic E-state index is 9.99. The summed E-state index contributed by atoms with van der Waals surface area (Å²) in [4.78, 5) is 2.15. The highest BCUT2D eigenvalue weighted by Gasteiger charge is 2.32. The predicted octanol–water partition coefficient (Wildman–Crippen LogP) is 2.41. The van der Waals surface area contributed by atoms with E-state index in [4.69, 9.17) is 11.6 Å². The number of anilines is 1. The van der Waals surface area contributed by atoms with E-state index in [2.05, 4.69) is 29.3 Å². The molecule has 100 valence electrons. The highest BCUT2D eigenvalue weighted by molar-refractivity contribution is 6.33. The van der Waals surface area contributed by atoms with E-state index < -0.39 is 5.60 Å². The van der Waals surface area contributed by atoms with Gasteiger partial charge in [0.2, 0.25) is 0 Å². The van der Waals surface area contributed by atoms with Crippen LogP contribution in [0.25, 0.3) is 0 Å². The Hall–Kier alpha value is -0.770. The number of aliphatic hydroxyl groups is 1. The van der Waals surface area contributed by atoms with Crippen LogP contribution in [-0.4, -0.2) is 30.3 Å². The number of halogens is 1. The van der Waals surface area contributed by atoms with E-state index in [1.807, 2.05) is 13.0 Å². The van der Waals surface area contributed by atoms with E-state index in [0.29, 0.717) is 6.54 Å². The third-order valence-electron chi connectivity index (χ3n) is 3.38. The summed E-state index contributed by atoms with van der Waals surface area (Å²) in [6, 6.07) is 6.15. The molecule has 1 heterocycles. The Morgan fingerprint density at radius 1 is 1.50 bits per heavy atom. The maximum absolute atomic E-state index is 9.99. The number of nitrogens with one attached hydrogen (secondary N) is 1. The van der Waals surface area contributed by atoms with Gasteiger partial charge < -0.3 is 15.3 Å². The third-order valence-corrected chi connectivity index (χ3v) is 3.69. The summed E-state index contributed by atoms with van der Waals surface area (Å²) in [6.07, 6.45) is 0.794. The van der Waals surface area contributed by atoms with Gasteiger partial charge in [-0.05, 0) is 37.6 Å². The molecule has 2 rings (SSSR count). The summed E-state index contributed by atoms with van der Waals surface area (Å²) >= 11 is 6.33. The zero-order valence-corrected chi connectivity index (χ0v) is 11.8. The van der Waals surface area contributed by atoms with Crippen LogP contribution in [0.2, 0.25) is 5.02 Å². The first-order chi connectivity index (χ1) is 8.52. The molecule has 0 saturated carbocycles. The van der Waals surface area contributed by atoms with Crippen LogP contribution in [0.1, 0.15) is 25.8 Å². The highest BCUT2D eigenvalue weighted by Crippen LogP contribution is 2.32. The zero-order valence-electron chi connectivity index (χ0n) is 11.0. The fourth-order valence-electron chi connectivity index (χ4n) is 2.34. The van der Waals surface area contributed by atoms with Gasteiger partial charge in [-0.25, -0.2) is 0 Å². The Morgan fingerprint density at radius 2 is 2.28 bits per heavy atom. The molecule has 1 fully saturated rings. The number of benzene rings is 1. The second-order valence-corrected chi connectivity index (χ2v) is 5.64. The molecule has 0 aromatic heterocycles. The number of hydrogen-bond donors (Lipinski definition) is 2. The Bertz CT molecular complexity index is 420. The molecule has 1 aliphatic heterocycles. The van der Waals surface area contributed by atoms with Crippen LogP contribution >= 0.6 is 11.6 Å². The number of nitrogens with zero attached hydrogens (tertiary/aromatic N) is 1. The van der Waals surface area contributed by atoms with Gasteiger partial charge in [-0.2, -0.15) is 0 Å². The molecule has 3 nitrogen and oxygen atoms in total. The van der Waals surface area contributed by atoms with E-state index in [9.17, 15) is 5.11 Å². The maximum Gasteiger partial charge on any atom is 0.0810 e. The third kappa shape index (κ3) is 3.16. The van der Waals surface area contributed by atoms with Crippen molar-refractivity contribution in [3.8, 4) is 0 Å². The smallest absolute Gasteiger partial charge is 0.0810 e. The first kappa shape index (κ1) is 13.7. The van der Waals surface area contributed by atoms with Crippen molar-refractivity contribution in [3.05, 3.63) is 28.8 Å². The van der Waals surface area contributed by atoms with Crippen LogP contribution in [0.5, 0.6) is 0 Å². The molecule has 4 heteroatoms. The van der Waals surface area contributed by atoms with Crippen LogP contribution in [0.3, 0.4) is 0 Å². The molecular weight excluding hydrogens is 248 g/mol. The Kier molecular flexibility index (Phi) is 4.15. The van der Waals surface area contributed by atoms with E-state index in [0.717, 1.165) is 36.8 Å². The van der Waals surface area contributed by atoms with Crippen molar-refractivity contribution in [1.82, 2.24) is 5.32 Å². The Balaban J connectivity index is 2.10. The molecule has 1 unspecified atom stereocenters. The fraction of sp³-hybridized carbons (Fsp3) is 0.571. The van der Waals surface area contributed by atoms with Crippen molar-refractivity contribution in [2.45, 2.75) is 32.4 Å². The van der Waals surface area contributed by atoms with Crippen molar-refractivity contribution >= 4 is 17.3 Å². The predicted molar refractivity (Wildman–Crippen MR) is 76.3 cm³/mol. The summed E-state index contributed by atoms with van der Waals surface area (Å²) in [5.74, 6) is 0. The van der Waals surface area contributed by atoms with Gasteiger partial charge >= 0.3 is 0 Å². The van der Waals surface area contributed by atoms with Crippen LogP contribution in [0.15, 0.2) is 18.2 Å². The molecule has 1 aromatic carbocycles. The minimum Gasteiger partial charge on any atom is -0.388 e. The molecule has 1 aromatic rings. The van der Waals surface area contributed by atoms with Gasteiger partial charge in [0.25, 0.3) is 0 Å².